The Morgan fingerprint density at radius 1 is 1.38 bits per heavy atom. The summed E-state index contributed by atoms with van der Waals surface area (Å²) in [6, 6.07) is 5.79. The Bertz CT molecular complexity index is 658. The number of nitrogens with one attached hydrogen (secondary N) is 1. The highest BCUT2D eigenvalue weighted by molar-refractivity contribution is 6.31. The number of hydrogen-bond donors (Lipinski definition) is 1. The summed E-state index contributed by atoms with van der Waals surface area (Å²) in [7, 11) is 0. The van der Waals surface area contributed by atoms with Crippen molar-refractivity contribution < 1.29 is 4.79 Å². The molecule has 0 saturated carbocycles. The molecule has 0 radical (unpaired) electrons. The minimum atomic E-state index is 0.00215. The Hall–Kier alpha value is -1.48. The van der Waals surface area contributed by atoms with Gasteiger partial charge in [-0.1, -0.05) is 25.4 Å². The van der Waals surface area contributed by atoms with Crippen LogP contribution in [0.4, 0.5) is 0 Å². The Balaban J connectivity index is 2.38. The van der Waals surface area contributed by atoms with Crippen LogP contribution in [0.1, 0.15) is 43.2 Å². The molecule has 2 aromatic rings. The lowest BCUT2D eigenvalue weighted by Gasteiger charge is -2.10. The molecule has 0 aliphatic carbocycles. The zero-order valence-electron chi connectivity index (χ0n) is 13.2. The van der Waals surface area contributed by atoms with E-state index in [2.05, 4.69) is 30.7 Å². The van der Waals surface area contributed by atoms with Crippen molar-refractivity contribution in [3.05, 3.63) is 34.5 Å². The molecule has 1 aromatic heterocycles. The first kappa shape index (κ1) is 15.9. The average molecular weight is 307 g/mol. The summed E-state index contributed by atoms with van der Waals surface area (Å²) in [6.45, 7) is 9.83. The fraction of sp³-hybridized carbons (Fsp3) is 0.471. The first-order chi connectivity index (χ1) is 9.95. The lowest BCUT2D eigenvalue weighted by molar-refractivity contribution is 0.0942. The maximum atomic E-state index is 12.5. The standard InChI is InChI=1S/C17H23ClN2O/c1-5-20-15-7-6-13(18)10-14(15)12(4)16(20)17(21)19-9-8-11(2)3/h6-7,10-11H,5,8-9H2,1-4H3,(H,19,21). The van der Waals surface area contributed by atoms with E-state index in [1.165, 1.54) is 0 Å². The normalized spacial score (nSPS) is 11.3. The van der Waals surface area contributed by atoms with Crippen molar-refractivity contribution in [2.75, 3.05) is 6.54 Å². The van der Waals surface area contributed by atoms with Crippen LogP contribution in [-0.2, 0) is 6.54 Å². The topological polar surface area (TPSA) is 34.0 Å². The number of fused-ring (bicyclic) bond motifs is 1. The Kier molecular flexibility index (Phi) is 4.94. The second-order valence-corrected chi connectivity index (χ2v) is 6.25. The summed E-state index contributed by atoms with van der Waals surface area (Å²) >= 11 is 6.08. The van der Waals surface area contributed by atoms with E-state index < -0.39 is 0 Å². The minimum Gasteiger partial charge on any atom is -0.351 e. The highest BCUT2D eigenvalue weighted by Gasteiger charge is 2.19. The number of nitrogens with zero attached hydrogens (tertiary/aromatic N) is 1. The molecule has 114 valence electrons. The van der Waals surface area contributed by atoms with Gasteiger partial charge in [0, 0.05) is 29.0 Å². The van der Waals surface area contributed by atoms with Gasteiger partial charge >= 0.3 is 0 Å². The van der Waals surface area contributed by atoms with Crippen LogP contribution in [0.2, 0.25) is 5.02 Å². The number of carbonyl (C=O) groups is 1. The highest BCUT2D eigenvalue weighted by atomic mass is 35.5. The maximum absolute atomic E-state index is 12.5. The van der Waals surface area contributed by atoms with Crippen LogP contribution in [-0.4, -0.2) is 17.0 Å². The second-order valence-electron chi connectivity index (χ2n) is 5.82. The SMILES string of the molecule is CCn1c(C(=O)NCCC(C)C)c(C)c2cc(Cl)ccc21. The van der Waals surface area contributed by atoms with E-state index in [1.54, 1.807) is 0 Å². The summed E-state index contributed by atoms with van der Waals surface area (Å²) in [4.78, 5) is 12.5. The monoisotopic (exact) mass is 306 g/mol. The Morgan fingerprint density at radius 3 is 2.71 bits per heavy atom. The maximum Gasteiger partial charge on any atom is 0.268 e. The summed E-state index contributed by atoms with van der Waals surface area (Å²) in [6.07, 6.45) is 0.989. The first-order valence-electron chi connectivity index (χ1n) is 7.52. The summed E-state index contributed by atoms with van der Waals surface area (Å²) in [5.41, 5.74) is 2.81. The molecule has 1 heterocycles. The van der Waals surface area contributed by atoms with Gasteiger partial charge in [0.15, 0.2) is 0 Å². The lowest BCUT2D eigenvalue weighted by atomic mass is 10.1. The zero-order chi connectivity index (χ0) is 15.6. The molecule has 1 N–H and O–H groups in total. The van der Waals surface area contributed by atoms with Gasteiger partial charge in [0.05, 0.1) is 0 Å². The number of halogens is 1. The van der Waals surface area contributed by atoms with Crippen LogP contribution >= 0.6 is 11.6 Å². The van der Waals surface area contributed by atoms with E-state index in [0.717, 1.165) is 35.1 Å². The minimum absolute atomic E-state index is 0.00215. The molecule has 0 saturated heterocycles. The molecule has 3 nitrogen and oxygen atoms in total. The third-order valence-corrected chi connectivity index (χ3v) is 4.05. The van der Waals surface area contributed by atoms with E-state index in [-0.39, 0.29) is 5.91 Å². The molecule has 0 fully saturated rings. The number of amides is 1. The lowest BCUT2D eigenvalue weighted by Crippen LogP contribution is -2.28. The molecule has 1 aromatic carbocycles. The molecule has 1 amide bonds. The van der Waals surface area contributed by atoms with E-state index in [1.807, 2.05) is 25.1 Å². The van der Waals surface area contributed by atoms with Crippen molar-refractivity contribution in [2.45, 2.75) is 40.7 Å². The van der Waals surface area contributed by atoms with Crippen molar-refractivity contribution in [1.82, 2.24) is 9.88 Å². The van der Waals surface area contributed by atoms with Gasteiger partial charge in [-0.25, -0.2) is 0 Å². The van der Waals surface area contributed by atoms with Gasteiger partial charge in [0.1, 0.15) is 5.69 Å². The number of aryl methyl sites for hydroxylation is 2. The van der Waals surface area contributed by atoms with E-state index in [0.29, 0.717) is 17.5 Å². The van der Waals surface area contributed by atoms with Gasteiger partial charge in [-0.3, -0.25) is 4.79 Å². The van der Waals surface area contributed by atoms with Crippen molar-refractivity contribution in [2.24, 2.45) is 5.92 Å². The fourth-order valence-corrected chi connectivity index (χ4v) is 2.85. The molecule has 0 aliphatic heterocycles. The molecular formula is C17H23ClN2O. The third kappa shape index (κ3) is 3.24. The van der Waals surface area contributed by atoms with Gasteiger partial charge in [0.2, 0.25) is 0 Å². The predicted octanol–water partition coefficient (Wildman–Crippen LogP) is 4.40. The van der Waals surface area contributed by atoms with Gasteiger partial charge in [-0.2, -0.15) is 0 Å². The molecular weight excluding hydrogens is 284 g/mol. The van der Waals surface area contributed by atoms with Crippen LogP contribution in [0.15, 0.2) is 18.2 Å². The van der Waals surface area contributed by atoms with E-state index >= 15 is 0 Å². The molecule has 0 aliphatic rings. The number of benzene rings is 1. The van der Waals surface area contributed by atoms with Crippen LogP contribution in [0.3, 0.4) is 0 Å². The average Bonchev–Trinajstić information content (AvgIpc) is 2.70. The number of aromatic nitrogens is 1. The van der Waals surface area contributed by atoms with E-state index in [9.17, 15) is 4.79 Å². The summed E-state index contributed by atoms with van der Waals surface area (Å²) in [5.74, 6) is 0.588. The third-order valence-electron chi connectivity index (χ3n) is 3.82. The molecule has 2 rings (SSSR count). The van der Waals surface area contributed by atoms with Crippen LogP contribution < -0.4 is 5.32 Å². The Morgan fingerprint density at radius 2 is 2.10 bits per heavy atom. The van der Waals surface area contributed by atoms with Gasteiger partial charge in [-0.05, 0) is 49.9 Å². The van der Waals surface area contributed by atoms with Gasteiger partial charge < -0.3 is 9.88 Å². The number of rotatable bonds is 5. The van der Waals surface area contributed by atoms with E-state index in [4.69, 9.17) is 11.6 Å². The molecule has 0 bridgehead atoms. The smallest absolute Gasteiger partial charge is 0.268 e. The molecule has 0 unspecified atom stereocenters. The fourth-order valence-electron chi connectivity index (χ4n) is 2.67. The molecule has 21 heavy (non-hydrogen) atoms. The zero-order valence-corrected chi connectivity index (χ0v) is 13.9. The van der Waals surface area contributed by atoms with Crippen molar-refractivity contribution in [3.63, 3.8) is 0 Å². The highest BCUT2D eigenvalue weighted by Crippen LogP contribution is 2.28. The Labute approximate surface area is 131 Å². The van der Waals surface area contributed by atoms with Crippen LogP contribution in [0.5, 0.6) is 0 Å². The largest absolute Gasteiger partial charge is 0.351 e. The summed E-state index contributed by atoms with van der Waals surface area (Å²) < 4.78 is 2.06. The van der Waals surface area contributed by atoms with Crippen molar-refractivity contribution >= 4 is 28.4 Å². The summed E-state index contributed by atoms with van der Waals surface area (Å²) in [5, 5.41) is 4.78. The van der Waals surface area contributed by atoms with Gasteiger partial charge in [-0.15, -0.1) is 0 Å². The quantitative estimate of drug-likeness (QED) is 0.873. The van der Waals surface area contributed by atoms with Crippen molar-refractivity contribution in [1.29, 1.82) is 0 Å². The number of carbonyl (C=O) groups excluding carboxylic acids is 1. The van der Waals surface area contributed by atoms with Crippen LogP contribution in [0.25, 0.3) is 10.9 Å². The van der Waals surface area contributed by atoms with Crippen LogP contribution in [0, 0.1) is 12.8 Å². The van der Waals surface area contributed by atoms with Crippen molar-refractivity contribution in [3.8, 4) is 0 Å². The molecule has 0 atom stereocenters. The molecule has 4 heteroatoms. The first-order valence-corrected chi connectivity index (χ1v) is 7.90. The van der Waals surface area contributed by atoms with Gasteiger partial charge in [0.25, 0.3) is 5.91 Å². The second kappa shape index (κ2) is 6.52. The number of hydrogen-bond acceptors (Lipinski definition) is 1. The molecule has 0 spiro atoms. The predicted molar refractivity (Wildman–Crippen MR) is 89.1 cm³/mol.